The Balaban J connectivity index is 0.000000197. The van der Waals surface area contributed by atoms with Crippen molar-refractivity contribution in [1.29, 1.82) is 0 Å². The summed E-state index contributed by atoms with van der Waals surface area (Å²) < 4.78 is 26.0. The number of alkyl halides is 2. The highest BCUT2D eigenvalue weighted by molar-refractivity contribution is 7.54. The highest BCUT2D eigenvalue weighted by atomic mass is 35.5. The van der Waals surface area contributed by atoms with E-state index in [1.165, 1.54) is 0 Å². The molecule has 0 spiro atoms. The molecule has 0 bridgehead atoms. The van der Waals surface area contributed by atoms with E-state index in [9.17, 15) is 19.3 Å². The fourth-order valence-corrected chi connectivity index (χ4v) is 7.79. The second-order valence-corrected chi connectivity index (χ2v) is 12.7. The van der Waals surface area contributed by atoms with Gasteiger partial charge in [-0.3, -0.25) is 9.36 Å². The maximum atomic E-state index is 13.0. The van der Waals surface area contributed by atoms with Gasteiger partial charge in [-0.15, -0.1) is 23.2 Å². The van der Waals surface area contributed by atoms with Crippen LogP contribution in [0.15, 0.2) is 41.2 Å². The summed E-state index contributed by atoms with van der Waals surface area (Å²) in [6.45, 7) is 4.37. The smallest absolute Gasteiger partial charge is 0.343 e. The van der Waals surface area contributed by atoms with Gasteiger partial charge in [0.05, 0.1) is 35.6 Å². The lowest BCUT2D eigenvalue weighted by Crippen LogP contribution is -2.44. The van der Waals surface area contributed by atoms with Crippen LogP contribution in [-0.2, 0) is 37.4 Å². The predicted octanol–water partition coefficient (Wildman–Crippen LogP) is 3.96. The highest BCUT2D eigenvalue weighted by Crippen LogP contribution is 2.48. The van der Waals surface area contributed by atoms with Gasteiger partial charge in [-0.25, -0.2) is 19.5 Å². The Bertz CT molecular complexity index is 1550. The normalized spacial score (nSPS) is 23.6. The first-order valence-electron chi connectivity index (χ1n) is 13.2. The summed E-state index contributed by atoms with van der Waals surface area (Å²) in [5, 5.41) is 14.7. The van der Waals surface area contributed by atoms with Crippen LogP contribution in [0.3, 0.4) is 0 Å². The average Bonchev–Trinajstić information content (AvgIpc) is 3.32. The molecule has 2 aromatic heterocycles. The van der Waals surface area contributed by atoms with Gasteiger partial charge in [0.1, 0.15) is 6.61 Å². The number of cyclic esters (lactones) is 1. The summed E-state index contributed by atoms with van der Waals surface area (Å²) in [5.74, 6) is 0.166. The second kappa shape index (κ2) is 11.9. The van der Waals surface area contributed by atoms with Gasteiger partial charge >= 0.3 is 13.6 Å². The molecule has 0 radical (unpaired) electrons. The van der Waals surface area contributed by atoms with Crippen molar-refractivity contribution in [1.82, 2.24) is 19.3 Å². The zero-order chi connectivity index (χ0) is 28.5. The van der Waals surface area contributed by atoms with Crippen LogP contribution in [0.1, 0.15) is 36.5 Å². The Morgan fingerprint density at radius 2 is 2.00 bits per heavy atom. The number of nitrogens with one attached hydrogen (secondary N) is 1. The van der Waals surface area contributed by atoms with E-state index in [1.54, 1.807) is 22.2 Å². The number of carbonyl (C=O) groups is 1. The Kier molecular flexibility index (Phi) is 8.69. The van der Waals surface area contributed by atoms with E-state index in [0.717, 1.165) is 35.1 Å². The van der Waals surface area contributed by atoms with Crippen LogP contribution in [0, 0.1) is 0 Å². The van der Waals surface area contributed by atoms with Crippen molar-refractivity contribution in [3.63, 3.8) is 0 Å². The minimum absolute atomic E-state index is 0.110. The monoisotopic (exact) mass is 608 g/mol. The molecule has 1 unspecified atom stereocenters. The van der Waals surface area contributed by atoms with Gasteiger partial charge < -0.3 is 18.9 Å². The molecule has 13 heteroatoms. The molecule has 2 N–H and O–H groups in total. The second-order valence-electron chi connectivity index (χ2n) is 9.74. The molecule has 214 valence electrons. The molecule has 1 saturated heterocycles. The van der Waals surface area contributed by atoms with Crippen molar-refractivity contribution in [3.05, 3.63) is 63.4 Å². The largest absolute Gasteiger partial charge is 0.458 e. The van der Waals surface area contributed by atoms with Gasteiger partial charge in [0.15, 0.2) is 5.60 Å². The van der Waals surface area contributed by atoms with Crippen molar-refractivity contribution in [2.45, 2.75) is 38.5 Å². The van der Waals surface area contributed by atoms with Crippen molar-refractivity contribution in [2.24, 2.45) is 0 Å². The topological polar surface area (TPSA) is 123 Å². The van der Waals surface area contributed by atoms with Crippen molar-refractivity contribution in [3.8, 4) is 11.4 Å². The van der Waals surface area contributed by atoms with E-state index in [4.69, 9.17) is 37.4 Å². The molecule has 5 heterocycles. The number of ether oxygens (including phenoxy) is 1. The zero-order valence-corrected chi connectivity index (χ0v) is 24.5. The number of hydrogen-bond acceptors (Lipinski definition) is 7. The Morgan fingerprint density at radius 3 is 2.75 bits per heavy atom. The van der Waals surface area contributed by atoms with E-state index in [1.807, 2.05) is 30.3 Å². The average molecular weight is 609 g/mol. The van der Waals surface area contributed by atoms with Crippen LogP contribution in [-0.4, -0.2) is 63.3 Å². The minimum atomic E-state index is -2.84. The molecular weight excluding hydrogens is 578 g/mol. The fourth-order valence-electron chi connectivity index (χ4n) is 5.24. The first kappa shape index (κ1) is 29.2. The Labute approximate surface area is 241 Å². The number of hydrogen-bond donors (Lipinski definition) is 2. The molecule has 3 aliphatic heterocycles. The molecule has 2 atom stereocenters. The summed E-state index contributed by atoms with van der Waals surface area (Å²) in [6.07, 6.45) is 1.03. The van der Waals surface area contributed by atoms with E-state index in [2.05, 4.69) is 5.09 Å². The fraction of sp³-hybridized carbons (Fsp3) is 0.444. The number of halogens is 2. The van der Waals surface area contributed by atoms with E-state index in [0.29, 0.717) is 54.8 Å². The first-order valence-corrected chi connectivity index (χ1v) is 15.8. The summed E-state index contributed by atoms with van der Waals surface area (Å²) in [5.41, 5.74) is 1.81. The first-order chi connectivity index (χ1) is 19.3. The number of aliphatic hydroxyl groups is 1. The van der Waals surface area contributed by atoms with Crippen LogP contribution in [0.25, 0.3) is 22.3 Å². The number of fused-ring (bicyclic) bond motifs is 5. The van der Waals surface area contributed by atoms with Crippen LogP contribution in [0.2, 0.25) is 0 Å². The van der Waals surface area contributed by atoms with Crippen molar-refractivity contribution < 1.29 is 23.7 Å². The molecule has 3 aliphatic rings. The molecule has 3 aromatic rings. The molecule has 0 amide bonds. The summed E-state index contributed by atoms with van der Waals surface area (Å²) in [6, 6.07) is 11.6. The molecule has 6 rings (SSSR count). The molecular formula is C27H31Cl2N4O6P. The van der Waals surface area contributed by atoms with Crippen molar-refractivity contribution >= 4 is 47.7 Å². The third-order valence-electron chi connectivity index (χ3n) is 7.36. The summed E-state index contributed by atoms with van der Waals surface area (Å²) in [4.78, 5) is 29.9. The van der Waals surface area contributed by atoms with Gasteiger partial charge in [0, 0.05) is 47.9 Å². The number of pyridine rings is 2. The van der Waals surface area contributed by atoms with Crippen molar-refractivity contribution in [2.75, 3.05) is 38.0 Å². The maximum Gasteiger partial charge on any atom is 0.343 e. The summed E-state index contributed by atoms with van der Waals surface area (Å²) in [7, 11) is -2.84. The van der Waals surface area contributed by atoms with Crippen LogP contribution < -0.4 is 10.6 Å². The van der Waals surface area contributed by atoms with E-state index >= 15 is 0 Å². The molecule has 0 saturated carbocycles. The number of carbonyl (C=O) groups excluding carboxylic acids is 1. The van der Waals surface area contributed by atoms with Gasteiger partial charge in [0.25, 0.3) is 5.56 Å². The van der Waals surface area contributed by atoms with Gasteiger partial charge in [-0.05, 0) is 31.0 Å². The number of rotatable bonds is 6. The van der Waals surface area contributed by atoms with Crippen LogP contribution >= 0.6 is 30.9 Å². The lowest BCUT2D eigenvalue weighted by molar-refractivity contribution is -0.172. The standard InChI is InChI=1S/C20H16N2O4.C7H15Cl2N2O2P/c1-2-20(25)14-8-16-17-12(7-11-5-3-4-6-15(11)21-17)9-22(16)18(23)13(14)10-26-19(20)24;8-2-4-10-14(12)11(6-3-9)5-1-7-13-14/h3-8,25H,2,9-10H2,1H3;1-7H2,(H,10,12)/t20-;/m0./s1. The molecule has 40 heavy (non-hydrogen) atoms. The molecule has 1 aromatic carbocycles. The lowest BCUT2D eigenvalue weighted by atomic mass is 9.86. The van der Waals surface area contributed by atoms with Crippen LogP contribution in [0.4, 0.5) is 0 Å². The van der Waals surface area contributed by atoms with Gasteiger partial charge in [-0.1, -0.05) is 25.1 Å². The molecule has 0 aliphatic carbocycles. The van der Waals surface area contributed by atoms with E-state index < -0.39 is 19.2 Å². The Hall–Kier alpha value is -2.30. The lowest BCUT2D eigenvalue weighted by Gasteiger charge is -2.34. The number of aromatic nitrogens is 2. The highest BCUT2D eigenvalue weighted by Gasteiger charge is 2.45. The SMILES string of the molecule is CC[C@@]1(O)C(=O)OCc2c1cc1n(c2=O)Cc2cc3ccccc3nc2-1.O=P1(NCCCl)OCCCN1CCCl. The number of benzene rings is 1. The third-order valence-corrected chi connectivity index (χ3v) is 10.0. The van der Waals surface area contributed by atoms with Crippen LogP contribution in [0.5, 0.6) is 0 Å². The number of para-hydroxylation sites is 1. The van der Waals surface area contributed by atoms with Gasteiger partial charge in [-0.2, -0.15) is 0 Å². The third kappa shape index (κ3) is 5.23. The Morgan fingerprint density at radius 1 is 1.20 bits per heavy atom. The minimum Gasteiger partial charge on any atom is -0.458 e. The number of esters is 1. The van der Waals surface area contributed by atoms with E-state index in [-0.39, 0.29) is 18.6 Å². The molecule has 1 fully saturated rings. The number of nitrogens with zero attached hydrogens (tertiary/aromatic N) is 3. The maximum absolute atomic E-state index is 13.0. The van der Waals surface area contributed by atoms with Gasteiger partial charge in [0.2, 0.25) is 0 Å². The quantitative estimate of drug-likeness (QED) is 0.190. The zero-order valence-electron chi connectivity index (χ0n) is 22.1. The molecule has 10 nitrogen and oxygen atoms in total. The summed E-state index contributed by atoms with van der Waals surface area (Å²) >= 11 is 11.1. The predicted molar refractivity (Wildman–Crippen MR) is 154 cm³/mol.